The maximum absolute atomic E-state index is 6.55. The Hall–Kier alpha value is -0.900. The number of aromatic nitrogens is 3. The summed E-state index contributed by atoms with van der Waals surface area (Å²) < 4.78 is 0. The lowest BCUT2D eigenvalue weighted by Gasteiger charge is -2.56. The topological polar surface area (TPSA) is 67.6 Å². The van der Waals surface area contributed by atoms with Crippen molar-refractivity contribution in [3.05, 3.63) is 11.6 Å². The Bertz CT molecular complexity index is 438. The third-order valence-electron chi connectivity index (χ3n) is 5.86. The molecule has 0 amide bonds. The average molecular weight is 260 g/mol. The van der Waals surface area contributed by atoms with Gasteiger partial charge in [0.25, 0.3) is 0 Å². The second-order valence-corrected chi connectivity index (χ2v) is 7.21. The minimum atomic E-state index is 0.255. The molecule has 1 unspecified atom stereocenters. The van der Waals surface area contributed by atoms with E-state index >= 15 is 0 Å². The summed E-state index contributed by atoms with van der Waals surface area (Å²) in [6.07, 6.45) is 8.12. The first kappa shape index (κ1) is 11.9. The van der Waals surface area contributed by atoms with Gasteiger partial charge in [-0.05, 0) is 68.6 Å². The van der Waals surface area contributed by atoms with Crippen LogP contribution in [0.4, 0.5) is 0 Å². The van der Waals surface area contributed by atoms with Gasteiger partial charge in [-0.3, -0.25) is 5.10 Å². The van der Waals surface area contributed by atoms with Gasteiger partial charge in [0.1, 0.15) is 5.82 Å². The molecule has 3 N–H and O–H groups in total. The minimum absolute atomic E-state index is 0.255. The molecule has 1 aromatic rings. The van der Waals surface area contributed by atoms with Crippen LogP contribution in [0.15, 0.2) is 0 Å². The lowest BCUT2D eigenvalue weighted by atomic mass is 9.50. The molecule has 19 heavy (non-hydrogen) atoms. The molecule has 1 aromatic heterocycles. The van der Waals surface area contributed by atoms with E-state index < -0.39 is 0 Å². The number of aromatic amines is 1. The van der Waals surface area contributed by atoms with E-state index in [9.17, 15) is 0 Å². The first-order valence-corrected chi connectivity index (χ1v) is 7.82. The third kappa shape index (κ3) is 2.00. The second-order valence-electron chi connectivity index (χ2n) is 7.21. The van der Waals surface area contributed by atoms with E-state index in [-0.39, 0.29) is 6.04 Å². The number of nitrogens with two attached hydrogens (primary N) is 1. The molecule has 104 valence electrons. The number of rotatable bonds is 3. The highest BCUT2D eigenvalue weighted by Gasteiger charge is 2.49. The number of nitrogens with zero attached hydrogens (tertiary/aromatic N) is 2. The van der Waals surface area contributed by atoms with Crippen molar-refractivity contribution in [3.8, 4) is 0 Å². The van der Waals surface area contributed by atoms with Crippen molar-refractivity contribution in [1.29, 1.82) is 0 Å². The van der Waals surface area contributed by atoms with Gasteiger partial charge in [0.15, 0.2) is 5.82 Å². The van der Waals surface area contributed by atoms with Crippen molar-refractivity contribution in [2.45, 2.75) is 51.5 Å². The number of hydrogen-bond donors (Lipinski definition) is 2. The molecular formula is C15H24N4. The van der Waals surface area contributed by atoms with Crippen LogP contribution in [0.2, 0.25) is 0 Å². The zero-order valence-corrected chi connectivity index (χ0v) is 11.7. The number of hydrogen-bond acceptors (Lipinski definition) is 3. The first-order valence-electron chi connectivity index (χ1n) is 7.82. The molecule has 4 aliphatic rings. The van der Waals surface area contributed by atoms with Crippen LogP contribution in [0, 0.1) is 36.5 Å². The highest BCUT2D eigenvalue weighted by atomic mass is 15.2. The van der Waals surface area contributed by atoms with Crippen LogP contribution in [0.5, 0.6) is 0 Å². The number of nitrogens with one attached hydrogen (secondary N) is 1. The van der Waals surface area contributed by atoms with Gasteiger partial charge in [0.2, 0.25) is 0 Å². The smallest absolute Gasteiger partial charge is 0.152 e. The van der Waals surface area contributed by atoms with E-state index in [1.54, 1.807) is 0 Å². The van der Waals surface area contributed by atoms with Crippen LogP contribution in [0.25, 0.3) is 0 Å². The Balaban J connectivity index is 1.49. The Kier molecular flexibility index (Phi) is 2.69. The van der Waals surface area contributed by atoms with Gasteiger partial charge in [-0.2, -0.15) is 5.10 Å². The molecule has 4 heteroatoms. The monoisotopic (exact) mass is 260 g/mol. The van der Waals surface area contributed by atoms with Crippen LogP contribution in [-0.2, 0) is 6.42 Å². The second kappa shape index (κ2) is 4.30. The molecule has 1 heterocycles. The molecule has 5 rings (SSSR count). The van der Waals surface area contributed by atoms with Crippen molar-refractivity contribution in [2.24, 2.45) is 35.3 Å². The standard InChI is InChI=1S/C15H24N4/c1-8-17-14(19-18-8)7-13(16)15-11-3-9-2-10(5-11)6-12(15)4-9/h9-13,15H,2-7,16H2,1H3,(H,17,18,19). The SMILES string of the molecule is Cc1nc(CC(N)C2C3CC4CC(C3)CC2C4)n[nH]1. The third-order valence-corrected chi connectivity index (χ3v) is 5.86. The van der Waals surface area contributed by atoms with Crippen LogP contribution >= 0.6 is 0 Å². The number of aryl methyl sites for hydroxylation is 1. The summed E-state index contributed by atoms with van der Waals surface area (Å²) in [4.78, 5) is 4.42. The van der Waals surface area contributed by atoms with Crippen molar-refractivity contribution in [3.63, 3.8) is 0 Å². The van der Waals surface area contributed by atoms with Gasteiger partial charge in [-0.15, -0.1) is 0 Å². The van der Waals surface area contributed by atoms with E-state index in [2.05, 4.69) is 15.2 Å². The van der Waals surface area contributed by atoms with Crippen LogP contribution in [-0.4, -0.2) is 21.2 Å². The minimum Gasteiger partial charge on any atom is -0.327 e. The molecule has 4 saturated carbocycles. The summed E-state index contributed by atoms with van der Waals surface area (Å²) >= 11 is 0. The van der Waals surface area contributed by atoms with Gasteiger partial charge in [0.05, 0.1) is 0 Å². The molecule has 0 spiro atoms. The Morgan fingerprint density at radius 1 is 1.16 bits per heavy atom. The molecule has 4 nitrogen and oxygen atoms in total. The predicted octanol–water partition coefficient (Wildman–Crippen LogP) is 2.06. The molecule has 0 aromatic carbocycles. The molecule has 4 bridgehead atoms. The first-order chi connectivity index (χ1) is 9.19. The maximum Gasteiger partial charge on any atom is 0.152 e. The zero-order chi connectivity index (χ0) is 13.0. The molecule has 0 saturated heterocycles. The zero-order valence-electron chi connectivity index (χ0n) is 11.7. The van der Waals surface area contributed by atoms with Gasteiger partial charge >= 0.3 is 0 Å². The Morgan fingerprint density at radius 3 is 2.32 bits per heavy atom. The molecule has 0 radical (unpaired) electrons. The van der Waals surface area contributed by atoms with E-state index in [1.807, 2.05) is 6.92 Å². The fourth-order valence-electron chi connectivity index (χ4n) is 5.49. The molecular weight excluding hydrogens is 236 g/mol. The lowest BCUT2D eigenvalue weighted by Crippen LogP contribution is -2.52. The fraction of sp³-hybridized carbons (Fsp3) is 0.867. The normalized spacial score (nSPS) is 41.7. The summed E-state index contributed by atoms with van der Waals surface area (Å²) in [5, 5.41) is 7.18. The van der Waals surface area contributed by atoms with Crippen LogP contribution in [0.1, 0.15) is 43.8 Å². The maximum atomic E-state index is 6.55. The van der Waals surface area contributed by atoms with Gasteiger partial charge < -0.3 is 5.73 Å². The van der Waals surface area contributed by atoms with Crippen LogP contribution in [0.3, 0.4) is 0 Å². The predicted molar refractivity (Wildman–Crippen MR) is 73.3 cm³/mol. The highest BCUT2D eigenvalue weighted by Crippen LogP contribution is 2.57. The molecule has 0 aliphatic heterocycles. The van der Waals surface area contributed by atoms with E-state index in [0.717, 1.165) is 47.7 Å². The summed E-state index contributed by atoms with van der Waals surface area (Å²) in [5.41, 5.74) is 6.55. The molecule has 1 atom stereocenters. The molecule has 4 aliphatic carbocycles. The average Bonchev–Trinajstić information content (AvgIpc) is 2.73. The van der Waals surface area contributed by atoms with E-state index in [1.165, 1.54) is 32.1 Å². The van der Waals surface area contributed by atoms with E-state index in [0.29, 0.717) is 0 Å². The quantitative estimate of drug-likeness (QED) is 0.874. The summed E-state index contributed by atoms with van der Waals surface area (Å²) in [6.45, 7) is 1.95. The van der Waals surface area contributed by atoms with Gasteiger partial charge in [-0.25, -0.2) is 4.98 Å². The lowest BCUT2D eigenvalue weighted by molar-refractivity contribution is -0.0466. The largest absolute Gasteiger partial charge is 0.327 e. The van der Waals surface area contributed by atoms with Gasteiger partial charge in [-0.1, -0.05) is 0 Å². The van der Waals surface area contributed by atoms with Crippen molar-refractivity contribution in [2.75, 3.05) is 0 Å². The van der Waals surface area contributed by atoms with Gasteiger partial charge in [0, 0.05) is 12.5 Å². The summed E-state index contributed by atoms with van der Waals surface area (Å²) in [7, 11) is 0. The summed E-state index contributed by atoms with van der Waals surface area (Å²) in [5.74, 6) is 6.36. The van der Waals surface area contributed by atoms with Crippen molar-refractivity contribution < 1.29 is 0 Å². The Morgan fingerprint density at radius 2 is 1.79 bits per heavy atom. The number of H-pyrrole nitrogens is 1. The van der Waals surface area contributed by atoms with Crippen molar-refractivity contribution >= 4 is 0 Å². The van der Waals surface area contributed by atoms with Crippen LogP contribution < -0.4 is 5.73 Å². The highest BCUT2D eigenvalue weighted by molar-refractivity contribution is 5.03. The molecule has 4 fully saturated rings. The fourth-order valence-corrected chi connectivity index (χ4v) is 5.49. The van der Waals surface area contributed by atoms with Crippen molar-refractivity contribution in [1.82, 2.24) is 15.2 Å². The Labute approximate surface area is 114 Å². The summed E-state index contributed by atoms with van der Waals surface area (Å²) in [6, 6.07) is 0.255. The van der Waals surface area contributed by atoms with E-state index in [4.69, 9.17) is 5.73 Å².